The van der Waals surface area contributed by atoms with Gasteiger partial charge in [-0.2, -0.15) is 5.10 Å². The van der Waals surface area contributed by atoms with Gasteiger partial charge in [-0.3, -0.25) is 0 Å². The summed E-state index contributed by atoms with van der Waals surface area (Å²) < 4.78 is 1.45. The van der Waals surface area contributed by atoms with Gasteiger partial charge in [-0.25, -0.2) is 19.3 Å². The van der Waals surface area contributed by atoms with E-state index < -0.39 is 0 Å². The highest BCUT2D eigenvalue weighted by Gasteiger charge is 2.14. The Hall–Kier alpha value is -1.96. The van der Waals surface area contributed by atoms with Gasteiger partial charge in [0.05, 0.1) is 4.99 Å². The standard InChI is InChI=1S/C13H20N6OS/c1-8(2)7-18(5-4-10(14)21)11-6-12-16-17-13(20)19(12)9(3)15-11/h6,8H,4-5,7H2,1-3H3,(H2,14,21)(H,17,20). The van der Waals surface area contributed by atoms with Gasteiger partial charge in [0.25, 0.3) is 0 Å². The number of hydrogen-bond acceptors (Lipinski definition) is 5. The van der Waals surface area contributed by atoms with Crippen molar-refractivity contribution in [2.75, 3.05) is 18.0 Å². The Kier molecular flexibility index (Phi) is 4.56. The highest BCUT2D eigenvalue weighted by atomic mass is 32.1. The summed E-state index contributed by atoms with van der Waals surface area (Å²) in [6.07, 6.45) is 0.626. The fourth-order valence-electron chi connectivity index (χ4n) is 2.23. The van der Waals surface area contributed by atoms with E-state index in [1.807, 2.05) is 0 Å². The number of rotatable bonds is 6. The largest absolute Gasteiger partial charge is 0.393 e. The van der Waals surface area contributed by atoms with Gasteiger partial charge in [0.15, 0.2) is 5.65 Å². The van der Waals surface area contributed by atoms with E-state index in [0.29, 0.717) is 35.3 Å². The zero-order valence-electron chi connectivity index (χ0n) is 12.5. The molecular weight excluding hydrogens is 288 g/mol. The summed E-state index contributed by atoms with van der Waals surface area (Å²) in [6, 6.07) is 1.80. The molecule has 0 radical (unpaired) electrons. The van der Waals surface area contributed by atoms with E-state index in [4.69, 9.17) is 18.0 Å². The number of nitrogens with one attached hydrogen (secondary N) is 1. The maximum Gasteiger partial charge on any atom is 0.349 e. The smallest absolute Gasteiger partial charge is 0.349 e. The number of aromatic amines is 1. The molecule has 0 unspecified atom stereocenters. The predicted octanol–water partition coefficient (Wildman–Crippen LogP) is 0.865. The fourth-order valence-corrected chi connectivity index (χ4v) is 2.32. The number of hydrogen-bond donors (Lipinski definition) is 2. The Bertz CT molecular complexity index is 704. The van der Waals surface area contributed by atoms with E-state index in [-0.39, 0.29) is 5.69 Å². The summed E-state index contributed by atoms with van der Waals surface area (Å²) in [5.74, 6) is 1.85. The molecule has 0 aliphatic carbocycles. The molecule has 0 saturated heterocycles. The minimum atomic E-state index is -0.278. The molecule has 0 aliphatic rings. The number of aryl methyl sites for hydroxylation is 1. The molecule has 0 amide bonds. The zero-order valence-corrected chi connectivity index (χ0v) is 13.3. The lowest BCUT2D eigenvalue weighted by atomic mass is 10.2. The molecule has 114 valence electrons. The van der Waals surface area contributed by atoms with E-state index in [9.17, 15) is 4.79 Å². The van der Waals surface area contributed by atoms with Gasteiger partial charge >= 0.3 is 5.69 Å². The van der Waals surface area contributed by atoms with E-state index >= 15 is 0 Å². The Morgan fingerprint density at radius 1 is 1.57 bits per heavy atom. The lowest BCUT2D eigenvalue weighted by Gasteiger charge is -2.25. The van der Waals surface area contributed by atoms with Crippen molar-refractivity contribution in [2.24, 2.45) is 11.7 Å². The van der Waals surface area contributed by atoms with Crippen molar-refractivity contribution in [3.05, 3.63) is 22.4 Å². The number of nitrogens with two attached hydrogens (primary N) is 1. The minimum absolute atomic E-state index is 0.278. The van der Waals surface area contributed by atoms with E-state index in [0.717, 1.165) is 12.4 Å². The van der Waals surface area contributed by atoms with Crippen LogP contribution in [0.2, 0.25) is 0 Å². The lowest BCUT2D eigenvalue weighted by molar-refractivity contribution is 0.608. The molecule has 0 aliphatic heterocycles. The van der Waals surface area contributed by atoms with Crippen LogP contribution < -0.4 is 16.3 Å². The number of nitrogens with zero attached hydrogens (tertiary/aromatic N) is 4. The van der Waals surface area contributed by atoms with E-state index in [2.05, 4.69) is 33.9 Å². The first kappa shape index (κ1) is 15.4. The average Bonchev–Trinajstić information content (AvgIpc) is 2.76. The van der Waals surface area contributed by atoms with Crippen molar-refractivity contribution >= 4 is 28.7 Å². The minimum Gasteiger partial charge on any atom is -0.393 e. The number of thiocarbonyl (C=S) groups is 1. The van der Waals surface area contributed by atoms with E-state index in [1.165, 1.54) is 4.40 Å². The Morgan fingerprint density at radius 3 is 2.90 bits per heavy atom. The molecule has 2 rings (SSSR count). The van der Waals surface area contributed by atoms with Crippen molar-refractivity contribution < 1.29 is 0 Å². The highest BCUT2D eigenvalue weighted by Crippen LogP contribution is 2.16. The second kappa shape index (κ2) is 6.21. The molecule has 0 saturated carbocycles. The molecule has 0 fully saturated rings. The highest BCUT2D eigenvalue weighted by molar-refractivity contribution is 7.80. The second-order valence-corrected chi connectivity index (χ2v) is 5.96. The molecular formula is C13H20N6OS. The zero-order chi connectivity index (χ0) is 15.6. The van der Waals surface area contributed by atoms with Gasteiger partial charge in [-0.15, -0.1) is 0 Å². The maximum absolute atomic E-state index is 11.6. The van der Waals surface area contributed by atoms with Crippen LogP contribution in [0.25, 0.3) is 5.65 Å². The van der Waals surface area contributed by atoms with Crippen molar-refractivity contribution in [3.63, 3.8) is 0 Å². The van der Waals surface area contributed by atoms with Crippen molar-refractivity contribution in [1.29, 1.82) is 0 Å². The number of fused-ring (bicyclic) bond motifs is 1. The van der Waals surface area contributed by atoms with Gasteiger partial charge in [0.1, 0.15) is 11.6 Å². The van der Waals surface area contributed by atoms with Crippen LogP contribution in [0.15, 0.2) is 10.9 Å². The normalized spacial score (nSPS) is 11.2. The first-order valence-electron chi connectivity index (χ1n) is 6.86. The Labute approximate surface area is 128 Å². The van der Waals surface area contributed by atoms with E-state index in [1.54, 1.807) is 13.0 Å². The number of aromatic nitrogens is 4. The summed E-state index contributed by atoms with van der Waals surface area (Å²) in [7, 11) is 0. The third-order valence-electron chi connectivity index (χ3n) is 3.09. The van der Waals surface area contributed by atoms with Crippen molar-refractivity contribution in [2.45, 2.75) is 27.2 Å². The molecule has 0 atom stereocenters. The van der Waals surface area contributed by atoms with Crippen LogP contribution in [0, 0.1) is 12.8 Å². The molecule has 2 aromatic rings. The van der Waals surface area contributed by atoms with Crippen LogP contribution >= 0.6 is 12.2 Å². The first-order chi connectivity index (χ1) is 9.88. The monoisotopic (exact) mass is 308 g/mol. The number of H-pyrrole nitrogens is 1. The molecule has 7 nitrogen and oxygen atoms in total. The van der Waals surface area contributed by atoms with Crippen LogP contribution in [0.3, 0.4) is 0 Å². The Morgan fingerprint density at radius 2 is 2.29 bits per heavy atom. The van der Waals surface area contributed by atoms with Gasteiger partial charge in [-0.05, 0) is 12.8 Å². The van der Waals surface area contributed by atoms with Gasteiger partial charge in [-0.1, -0.05) is 26.1 Å². The molecule has 0 aromatic carbocycles. The van der Waals surface area contributed by atoms with Crippen LogP contribution in [0.5, 0.6) is 0 Å². The van der Waals surface area contributed by atoms with Crippen LogP contribution in [-0.2, 0) is 0 Å². The van der Waals surface area contributed by atoms with Gasteiger partial charge in [0.2, 0.25) is 0 Å². The third kappa shape index (κ3) is 3.57. The molecule has 8 heteroatoms. The predicted molar refractivity (Wildman–Crippen MR) is 86.8 cm³/mol. The SMILES string of the molecule is Cc1nc(N(CCC(N)=S)CC(C)C)cc2n[nH]c(=O)n12. The molecule has 0 spiro atoms. The fraction of sp³-hybridized carbons (Fsp3) is 0.538. The van der Waals surface area contributed by atoms with Crippen molar-refractivity contribution in [1.82, 2.24) is 19.6 Å². The molecule has 0 bridgehead atoms. The summed E-state index contributed by atoms with van der Waals surface area (Å²) in [4.78, 5) is 18.7. The second-order valence-electron chi connectivity index (χ2n) is 5.44. The molecule has 21 heavy (non-hydrogen) atoms. The van der Waals surface area contributed by atoms with Crippen LogP contribution in [0.4, 0.5) is 5.82 Å². The van der Waals surface area contributed by atoms with Gasteiger partial charge < -0.3 is 10.6 Å². The summed E-state index contributed by atoms with van der Waals surface area (Å²) >= 11 is 4.95. The van der Waals surface area contributed by atoms with Crippen LogP contribution in [-0.4, -0.2) is 37.7 Å². The summed E-state index contributed by atoms with van der Waals surface area (Å²) in [5, 5.41) is 6.44. The van der Waals surface area contributed by atoms with Crippen molar-refractivity contribution in [3.8, 4) is 0 Å². The summed E-state index contributed by atoms with van der Waals surface area (Å²) in [6.45, 7) is 7.59. The summed E-state index contributed by atoms with van der Waals surface area (Å²) in [5.41, 5.74) is 5.88. The van der Waals surface area contributed by atoms with Gasteiger partial charge in [0, 0.05) is 25.6 Å². The quantitative estimate of drug-likeness (QED) is 0.769. The third-order valence-corrected chi connectivity index (χ3v) is 3.30. The number of anilines is 1. The maximum atomic E-state index is 11.6. The van der Waals surface area contributed by atoms with Crippen LogP contribution in [0.1, 0.15) is 26.1 Å². The molecule has 2 aromatic heterocycles. The topological polar surface area (TPSA) is 92.3 Å². The average molecular weight is 308 g/mol. The Balaban J connectivity index is 2.38. The molecule has 2 heterocycles. The lowest BCUT2D eigenvalue weighted by Crippen LogP contribution is -2.32. The first-order valence-corrected chi connectivity index (χ1v) is 7.27. The molecule has 3 N–H and O–H groups in total.